The molecule has 0 rings (SSSR count). The van der Waals surface area contributed by atoms with Crippen LogP contribution in [-0.4, -0.2) is 68.4 Å². The quantitative estimate of drug-likeness (QED) is 0.361. The number of nitrogens with zero attached hydrogens (tertiary/aromatic N) is 1. The molecule has 0 aromatic carbocycles. The van der Waals surface area contributed by atoms with Gasteiger partial charge in [0.25, 0.3) is 0 Å². The summed E-state index contributed by atoms with van der Waals surface area (Å²) in [7, 11) is 0.174. The van der Waals surface area contributed by atoms with Crippen molar-refractivity contribution >= 4 is 37.0 Å². The highest BCUT2D eigenvalue weighted by molar-refractivity contribution is 7.99. The first-order valence-corrected chi connectivity index (χ1v) is 18.3. The van der Waals surface area contributed by atoms with E-state index in [2.05, 4.69) is 62.2 Å². The van der Waals surface area contributed by atoms with E-state index in [9.17, 15) is 0 Å². The molecule has 0 aromatic rings. The molecule has 0 radical (unpaired) electrons. The fourth-order valence-corrected chi connectivity index (χ4v) is 15.9. The third-order valence-electron chi connectivity index (χ3n) is 4.02. The maximum atomic E-state index is 5.49. The number of rotatable bonds is 12. The van der Waals surface area contributed by atoms with Crippen LogP contribution in [-0.2, 0) is 13.3 Å². The largest absolute Gasteiger partial charge is 0.500 e. The first-order valence-electron chi connectivity index (χ1n) is 8.46. The second-order valence-corrected chi connectivity index (χ2v) is 22.9. The van der Waals surface area contributed by atoms with E-state index < -0.39 is 25.3 Å². The average molecular weight is 398 g/mol. The minimum atomic E-state index is -2.39. The average Bonchev–Trinajstić information content (AvgIpc) is 2.43. The first-order chi connectivity index (χ1) is 10.4. The van der Waals surface area contributed by atoms with Crippen LogP contribution in [0, 0.1) is 0 Å². The van der Waals surface area contributed by atoms with Gasteiger partial charge in [-0.3, -0.25) is 0 Å². The van der Waals surface area contributed by atoms with Gasteiger partial charge in [0.05, 0.1) is 0 Å². The normalized spacial score (nSPS) is 15.3. The molecule has 0 aliphatic carbocycles. The summed E-state index contributed by atoms with van der Waals surface area (Å²) < 4.78 is 19.3. The summed E-state index contributed by atoms with van der Waals surface area (Å²) in [5.41, 5.74) is 0. The molecule has 0 heterocycles. The highest BCUT2D eigenvalue weighted by Gasteiger charge is 2.37. The summed E-state index contributed by atoms with van der Waals surface area (Å²) in [6.45, 7) is 18.4. The molecule has 0 fully saturated rings. The summed E-state index contributed by atoms with van der Waals surface area (Å²) in [5, 5.41) is 0.664. The molecular formula is C15H39NO3SSi3. The summed E-state index contributed by atoms with van der Waals surface area (Å²) in [6, 6.07) is 0.891. The van der Waals surface area contributed by atoms with E-state index in [0.717, 1.165) is 18.2 Å². The minimum Gasteiger partial charge on any atom is -0.377 e. The summed E-state index contributed by atoms with van der Waals surface area (Å²) in [5.74, 6) is 1.14. The summed E-state index contributed by atoms with van der Waals surface area (Å²) in [4.78, 5) is 0. The third kappa shape index (κ3) is 8.66. The van der Waals surface area contributed by atoms with Crippen LogP contribution in [0.1, 0.15) is 13.3 Å². The van der Waals surface area contributed by atoms with Crippen LogP contribution in [0.2, 0.25) is 45.3 Å². The van der Waals surface area contributed by atoms with Crippen molar-refractivity contribution in [2.24, 2.45) is 0 Å². The topological polar surface area (TPSA) is 30.9 Å². The smallest absolute Gasteiger partial charge is 0.377 e. The molecule has 0 aromatic heterocycles. The van der Waals surface area contributed by atoms with Crippen LogP contribution in [0.5, 0.6) is 0 Å². The lowest BCUT2D eigenvalue weighted by Crippen LogP contribution is -2.60. The Morgan fingerprint density at radius 3 is 1.65 bits per heavy atom. The fraction of sp³-hybridized carbons (Fsp3) is 1.00. The standard InChI is InChI=1S/C15H39NO3SSi3/c1-15(14-16(21(5,6)7)22(8,9)10)20-12-11-13-23(17-2,18-3)19-4/h15H,11-14H2,1-10H3. The van der Waals surface area contributed by atoms with Gasteiger partial charge in [0.15, 0.2) is 0 Å². The van der Waals surface area contributed by atoms with Crippen molar-refractivity contribution in [3.63, 3.8) is 0 Å². The van der Waals surface area contributed by atoms with Crippen LogP contribution in [0.25, 0.3) is 0 Å². The van der Waals surface area contributed by atoms with Crippen molar-refractivity contribution in [2.75, 3.05) is 33.6 Å². The molecule has 140 valence electrons. The second kappa shape index (κ2) is 10.1. The Bertz CT molecular complexity index is 309. The molecule has 23 heavy (non-hydrogen) atoms. The zero-order valence-electron chi connectivity index (χ0n) is 17.0. The van der Waals surface area contributed by atoms with E-state index in [1.807, 2.05) is 0 Å². The van der Waals surface area contributed by atoms with Crippen molar-refractivity contribution in [1.82, 2.24) is 4.23 Å². The second-order valence-electron chi connectivity index (χ2n) is 8.03. The number of hydrogen-bond acceptors (Lipinski definition) is 5. The minimum absolute atomic E-state index is 0.664. The van der Waals surface area contributed by atoms with Crippen LogP contribution >= 0.6 is 11.8 Å². The Kier molecular flexibility index (Phi) is 10.5. The first kappa shape index (κ1) is 23.8. The Morgan fingerprint density at radius 1 is 0.870 bits per heavy atom. The van der Waals surface area contributed by atoms with Crippen molar-refractivity contribution in [3.8, 4) is 0 Å². The molecule has 0 spiro atoms. The Balaban J connectivity index is 4.37. The molecule has 0 bridgehead atoms. The van der Waals surface area contributed by atoms with Gasteiger partial charge in [-0.25, -0.2) is 0 Å². The highest BCUT2D eigenvalue weighted by atomic mass is 32.2. The Hall–Kier alpha value is 0.841. The number of hydrogen-bond donors (Lipinski definition) is 0. The Morgan fingerprint density at radius 2 is 1.30 bits per heavy atom. The predicted molar refractivity (Wildman–Crippen MR) is 112 cm³/mol. The highest BCUT2D eigenvalue weighted by Crippen LogP contribution is 2.25. The van der Waals surface area contributed by atoms with Crippen LogP contribution < -0.4 is 0 Å². The molecular weight excluding hydrogens is 358 g/mol. The van der Waals surface area contributed by atoms with Crippen LogP contribution in [0.3, 0.4) is 0 Å². The van der Waals surface area contributed by atoms with Crippen molar-refractivity contribution in [2.45, 2.75) is 63.9 Å². The molecule has 0 aliphatic heterocycles. The monoisotopic (exact) mass is 397 g/mol. The van der Waals surface area contributed by atoms with Gasteiger partial charge >= 0.3 is 8.80 Å². The van der Waals surface area contributed by atoms with Gasteiger partial charge in [-0.15, -0.1) is 0 Å². The maximum Gasteiger partial charge on any atom is 0.500 e. The molecule has 0 N–H and O–H groups in total. The molecule has 0 aliphatic rings. The molecule has 8 heteroatoms. The van der Waals surface area contributed by atoms with Crippen molar-refractivity contribution in [3.05, 3.63) is 0 Å². The zero-order valence-corrected chi connectivity index (χ0v) is 20.8. The van der Waals surface area contributed by atoms with E-state index >= 15 is 0 Å². The van der Waals surface area contributed by atoms with Crippen LogP contribution in [0.15, 0.2) is 0 Å². The van der Waals surface area contributed by atoms with Gasteiger partial charge in [-0.1, -0.05) is 46.2 Å². The van der Waals surface area contributed by atoms with Crippen molar-refractivity contribution < 1.29 is 13.3 Å². The van der Waals surface area contributed by atoms with Crippen LogP contribution in [0.4, 0.5) is 0 Å². The fourth-order valence-electron chi connectivity index (χ4n) is 2.99. The summed E-state index contributed by atoms with van der Waals surface area (Å²) >= 11 is 2.07. The molecule has 0 amide bonds. The molecule has 0 saturated heterocycles. The molecule has 4 nitrogen and oxygen atoms in total. The molecule has 0 saturated carbocycles. The van der Waals surface area contributed by atoms with E-state index in [1.165, 1.54) is 6.54 Å². The van der Waals surface area contributed by atoms with E-state index in [1.54, 1.807) is 21.3 Å². The summed E-state index contributed by atoms with van der Waals surface area (Å²) in [6.07, 6.45) is 1.08. The van der Waals surface area contributed by atoms with Gasteiger partial charge in [-0.2, -0.15) is 11.8 Å². The molecule has 1 atom stereocenters. The lowest BCUT2D eigenvalue weighted by molar-refractivity contribution is 0.123. The maximum absolute atomic E-state index is 5.49. The van der Waals surface area contributed by atoms with E-state index in [4.69, 9.17) is 13.3 Å². The predicted octanol–water partition coefficient (Wildman–Crippen LogP) is 4.35. The SMILES string of the molecule is CO[Si](CCCSC(C)CN([Si](C)(C)C)[Si](C)(C)C)(OC)OC. The number of thioether (sulfide) groups is 1. The van der Waals surface area contributed by atoms with Gasteiger partial charge in [0.2, 0.25) is 0 Å². The third-order valence-corrected chi connectivity index (χ3v) is 15.7. The van der Waals surface area contributed by atoms with Gasteiger partial charge < -0.3 is 17.5 Å². The van der Waals surface area contributed by atoms with Gasteiger partial charge in [-0.05, 0) is 18.7 Å². The lowest BCUT2D eigenvalue weighted by atomic mass is 10.5. The zero-order chi connectivity index (χ0) is 18.3. The van der Waals surface area contributed by atoms with E-state index in [0.29, 0.717) is 5.25 Å². The van der Waals surface area contributed by atoms with E-state index in [-0.39, 0.29) is 0 Å². The van der Waals surface area contributed by atoms with Gasteiger partial charge in [0.1, 0.15) is 16.5 Å². The Labute approximate surface area is 152 Å². The van der Waals surface area contributed by atoms with Crippen molar-refractivity contribution in [1.29, 1.82) is 0 Å². The molecule has 1 unspecified atom stereocenters. The van der Waals surface area contributed by atoms with Gasteiger partial charge in [0, 0.05) is 32.6 Å². The lowest BCUT2D eigenvalue weighted by Gasteiger charge is -2.44.